The van der Waals surface area contributed by atoms with E-state index in [1.807, 2.05) is 88.5 Å². The van der Waals surface area contributed by atoms with E-state index in [1.165, 1.54) is 17.7 Å². The first kappa shape index (κ1) is 38.7. The van der Waals surface area contributed by atoms with Crippen molar-refractivity contribution in [3.63, 3.8) is 0 Å². The molecule has 1 saturated heterocycles. The van der Waals surface area contributed by atoms with Gasteiger partial charge in [-0.3, -0.25) is 19.1 Å². The number of hydrogen-bond donors (Lipinski definition) is 3. The molecule has 4 atom stereocenters. The Morgan fingerprint density at radius 1 is 0.942 bits per heavy atom. The van der Waals surface area contributed by atoms with E-state index in [4.69, 9.17) is 18.9 Å². The first-order chi connectivity index (χ1) is 24.4. The lowest BCUT2D eigenvalue weighted by Gasteiger charge is -2.58. The molecule has 0 radical (unpaired) electrons. The molecule has 1 aliphatic heterocycles. The molecule has 0 saturated carbocycles. The lowest BCUT2D eigenvalue weighted by Crippen LogP contribution is -2.76. The van der Waals surface area contributed by atoms with Crippen LogP contribution in [0.4, 0.5) is 0 Å². The van der Waals surface area contributed by atoms with Gasteiger partial charge >= 0.3 is 11.7 Å². The molecule has 5 rings (SSSR count). The number of benzene rings is 3. The largest absolute Gasteiger partial charge is 0.497 e. The zero-order valence-corrected chi connectivity index (χ0v) is 32.4. The highest BCUT2D eigenvalue weighted by atomic mass is 28.3. The van der Waals surface area contributed by atoms with Crippen LogP contribution in [0.2, 0.25) is 18.1 Å². The number of nitrogens with one attached hydrogen (secondary N) is 1. The molecule has 278 valence electrons. The van der Waals surface area contributed by atoms with E-state index < -0.39 is 65.5 Å². The molecule has 52 heavy (non-hydrogen) atoms. The summed E-state index contributed by atoms with van der Waals surface area (Å²) in [5, 5.41) is 25.1. The van der Waals surface area contributed by atoms with E-state index in [0.717, 1.165) is 0 Å². The Morgan fingerprint density at radius 2 is 1.44 bits per heavy atom. The monoisotopic (exact) mass is 730 g/mol. The van der Waals surface area contributed by atoms with Crippen LogP contribution in [0.25, 0.3) is 0 Å². The summed E-state index contributed by atoms with van der Waals surface area (Å²) in [6.07, 6.45) is -1.62. The summed E-state index contributed by atoms with van der Waals surface area (Å²) in [6.45, 7) is 12.4. The van der Waals surface area contributed by atoms with E-state index in [2.05, 4.69) is 4.98 Å². The second-order valence-electron chi connectivity index (χ2n) is 15.2. The average molecular weight is 731 g/mol. The van der Waals surface area contributed by atoms with Crippen molar-refractivity contribution >= 4 is 14.0 Å². The normalized spacial score (nSPS) is 21.4. The van der Waals surface area contributed by atoms with Gasteiger partial charge in [0.2, 0.25) is 0 Å². The van der Waals surface area contributed by atoms with Gasteiger partial charge < -0.3 is 29.2 Å². The van der Waals surface area contributed by atoms with Crippen molar-refractivity contribution in [1.82, 2.24) is 9.55 Å². The molecule has 3 aromatic carbocycles. The molecule has 1 aliphatic rings. The maximum atomic E-state index is 13.8. The Kier molecular flexibility index (Phi) is 10.5. The van der Waals surface area contributed by atoms with Crippen LogP contribution in [0, 0.1) is 6.92 Å². The van der Waals surface area contributed by atoms with E-state index in [1.54, 1.807) is 45.4 Å². The molecule has 12 heteroatoms. The Labute approximate surface area is 305 Å². The van der Waals surface area contributed by atoms with Crippen LogP contribution in [-0.4, -0.2) is 71.6 Å². The number of ether oxygens (including phenoxy) is 4. The van der Waals surface area contributed by atoms with Gasteiger partial charge in [0.05, 0.1) is 32.9 Å². The Balaban J connectivity index is 1.95. The number of aliphatic hydroxyl groups excluding tert-OH is 1. The minimum absolute atomic E-state index is 0.150. The number of esters is 1. The standard InChI is InChI=1S/C40H50N2O9Si/c1-26-24-42(36(46)41-34(26)44)33-23-39(47,52(8,9)37(3,4)5)38(51-33,25-50-27(2)43)35(45)40(28-13-11-10-12-14-28,29-15-19-31(48-6)20-16-29)30-17-21-32(49-7)22-18-30/h10-22,24,33,35,45,47H,23,25H2,1-9H3,(H,41,44,46)/t33-,35?,38-,39-/m1/s1. The van der Waals surface area contributed by atoms with Crippen LogP contribution in [0.5, 0.6) is 11.5 Å². The lowest BCUT2D eigenvalue weighted by molar-refractivity contribution is -0.214. The van der Waals surface area contributed by atoms with Gasteiger partial charge in [-0.1, -0.05) is 88.5 Å². The van der Waals surface area contributed by atoms with Crippen LogP contribution < -0.4 is 20.7 Å². The van der Waals surface area contributed by atoms with Crippen molar-refractivity contribution < 1.29 is 34.0 Å². The number of carbonyl (C=O) groups excluding carboxylic acids is 1. The molecule has 0 amide bonds. The summed E-state index contributed by atoms with van der Waals surface area (Å²) in [5.41, 5.74) is -2.69. The van der Waals surface area contributed by atoms with Gasteiger partial charge in [-0.2, -0.15) is 0 Å². The van der Waals surface area contributed by atoms with Gasteiger partial charge in [0.1, 0.15) is 30.4 Å². The van der Waals surface area contributed by atoms with E-state index in [-0.39, 0.29) is 12.0 Å². The van der Waals surface area contributed by atoms with Crippen molar-refractivity contribution in [2.75, 3.05) is 20.8 Å². The highest BCUT2D eigenvalue weighted by molar-refractivity contribution is 6.83. The second-order valence-corrected chi connectivity index (χ2v) is 20.8. The maximum Gasteiger partial charge on any atom is 0.330 e. The summed E-state index contributed by atoms with van der Waals surface area (Å²) < 4.78 is 25.2. The van der Waals surface area contributed by atoms with Gasteiger partial charge in [-0.25, -0.2) is 4.79 Å². The van der Waals surface area contributed by atoms with Crippen LogP contribution in [-0.2, 0) is 19.7 Å². The van der Waals surface area contributed by atoms with Crippen molar-refractivity contribution in [1.29, 1.82) is 0 Å². The fourth-order valence-electron chi connectivity index (χ4n) is 7.63. The van der Waals surface area contributed by atoms with Gasteiger partial charge in [0.25, 0.3) is 5.56 Å². The van der Waals surface area contributed by atoms with Crippen molar-refractivity contribution in [3.8, 4) is 11.5 Å². The summed E-state index contributed by atoms with van der Waals surface area (Å²) in [5.74, 6) is 0.534. The Hall–Kier alpha value is -4.49. The van der Waals surface area contributed by atoms with Crippen LogP contribution in [0.15, 0.2) is 94.6 Å². The fourth-order valence-corrected chi connectivity index (χ4v) is 10.9. The molecule has 3 N–H and O–H groups in total. The predicted molar refractivity (Wildman–Crippen MR) is 201 cm³/mol. The van der Waals surface area contributed by atoms with Crippen LogP contribution in [0.3, 0.4) is 0 Å². The molecule has 4 aromatic rings. The number of aliphatic hydroxyl groups is 2. The predicted octanol–water partition coefficient (Wildman–Crippen LogP) is 5.26. The summed E-state index contributed by atoms with van der Waals surface area (Å²) in [4.78, 5) is 41.0. The number of methoxy groups -OCH3 is 2. The third-order valence-corrected chi connectivity index (χ3v) is 18.0. The van der Waals surface area contributed by atoms with Gasteiger partial charge in [0, 0.05) is 25.1 Å². The number of aromatic amines is 1. The molecule has 1 unspecified atom stereocenters. The number of aryl methyl sites for hydroxylation is 1. The first-order valence-corrected chi connectivity index (χ1v) is 20.3. The summed E-state index contributed by atoms with van der Waals surface area (Å²) >= 11 is 0. The van der Waals surface area contributed by atoms with Crippen molar-refractivity contribution in [3.05, 3.63) is 128 Å². The third-order valence-electron chi connectivity index (χ3n) is 11.5. The third kappa shape index (κ3) is 6.21. The fraction of sp³-hybridized carbons (Fsp3) is 0.425. The summed E-state index contributed by atoms with van der Waals surface area (Å²) in [7, 11) is -0.00674. The van der Waals surface area contributed by atoms with Crippen LogP contribution >= 0.6 is 0 Å². The molecule has 2 heterocycles. The van der Waals surface area contributed by atoms with Crippen LogP contribution in [0.1, 0.15) is 62.6 Å². The Bertz CT molecular complexity index is 1950. The Morgan fingerprint density at radius 3 is 1.90 bits per heavy atom. The van der Waals surface area contributed by atoms with Crippen molar-refractivity contribution in [2.45, 2.75) is 87.7 Å². The topological polar surface area (TPSA) is 149 Å². The molecular formula is C40H50N2O9Si. The molecule has 11 nitrogen and oxygen atoms in total. The number of aromatic nitrogens is 2. The zero-order chi connectivity index (χ0) is 38.3. The molecule has 0 bridgehead atoms. The quantitative estimate of drug-likeness (QED) is 0.107. The van der Waals surface area contributed by atoms with Gasteiger partial charge in [-0.15, -0.1) is 0 Å². The maximum absolute atomic E-state index is 13.8. The summed E-state index contributed by atoms with van der Waals surface area (Å²) in [6, 6.07) is 24.0. The average Bonchev–Trinajstić information content (AvgIpc) is 3.43. The molecular weight excluding hydrogens is 681 g/mol. The highest BCUT2D eigenvalue weighted by Gasteiger charge is 2.74. The smallest absolute Gasteiger partial charge is 0.330 e. The second kappa shape index (κ2) is 14.1. The minimum Gasteiger partial charge on any atom is -0.497 e. The number of carbonyl (C=O) groups is 1. The first-order valence-electron chi connectivity index (χ1n) is 17.3. The van der Waals surface area contributed by atoms with E-state index in [0.29, 0.717) is 28.2 Å². The minimum atomic E-state index is -3.14. The number of hydrogen-bond acceptors (Lipinski definition) is 9. The number of H-pyrrole nitrogens is 1. The zero-order valence-electron chi connectivity index (χ0n) is 31.4. The van der Waals surface area contributed by atoms with Gasteiger partial charge in [0.15, 0.2) is 5.60 Å². The highest BCUT2D eigenvalue weighted by Crippen LogP contribution is 2.60. The number of rotatable bonds is 11. The molecule has 0 spiro atoms. The lowest BCUT2D eigenvalue weighted by atomic mass is 9.61. The SMILES string of the molecule is COc1ccc(C(c2ccccc2)(c2ccc(OC)cc2)C(O)[C@@]2(COC(C)=O)O[C@@H](n3cc(C)c(=O)[nH]c3=O)C[C@@]2(O)[Si](C)(C)C(C)(C)C)cc1. The van der Waals surface area contributed by atoms with E-state index in [9.17, 15) is 24.6 Å². The van der Waals surface area contributed by atoms with Gasteiger partial charge in [-0.05, 0) is 52.9 Å². The van der Waals surface area contributed by atoms with Crippen molar-refractivity contribution in [2.24, 2.45) is 0 Å². The number of nitrogens with zero attached hydrogens (tertiary/aromatic N) is 1. The molecule has 1 aromatic heterocycles. The molecule has 0 aliphatic carbocycles. The van der Waals surface area contributed by atoms with E-state index >= 15 is 0 Å². The molecule has 1 fully saturated rings.